The van der Waals surface area contributed by atoms with E-state index in [2.05, 4.69) is 240 Å². The highest BCUT2D eigenvalue weighted by atomic mass is 16.6. The lowest BCUT2D eigenvalue weighted by molar-refractivity contribution is -0.166. The Labute approximate surface area is 507 Å². The highest BCUT2D eigenvalue weighted by Gasteiger charge is 2.19. The summed E-state index contributed by atoms with van der Waals surface area (Å²) in [7, 11) is 0. The van der Waals surface area contributed by atoms with Crippen molar-refractivity contribution >= 4 is 17.9 Å². The van der Waals surface area contributed by atoms with Crippen molar-refractivity contribution in [3.8, 4) is 0 Å². The highest BCUT2D eigenvalue weighted by molar-refractivity contribution is 5.72. The SMILES string of the molecule is CC/C=C\C/C=C\C/C=C\C/C=C\C/C=C\C/C=C\C/C=C\CCCCCCCC(=O)OCC(COC(=O)C/C=C\C/C=C\C/C=C\C/C=C\C/C=C\CC)OC(=O)CCC/C=C\C/C=C\C/C=C\C/C=C\C/C=C\C/C=C\C/C=C\CC. The monoisotopic (exact) mass is 1130 g/mol. The average Bonchev–Trinajstić information content (AvgIpc) is 3.49. The molecule has 0 radical (unpaired) electrons. The molecule has 0 aromatic rings. The second kappa shape index (κ2) is 68.0. The van der Waals surface area contributed by atoms with Crippen LogP contribution in [-0.4, -0.2) is 37.2 Å². The van der Waals surface area contributed by atoms with Crippen LogP contribution in [-0.2, 0) is 28.6 Å². The standard InChI is InChI=1S/C77H112O6/c1-4-7-10-13-16-19-22-25-28-30-32-34-36-37-38-39-41-42-44-46-49-52-55-58-61-64-67-70-76(79)82-73-74(72-81-75(78)69-66-63-60-57-54-51-48-27-24-21-18-15-12-9-6-3)83-77(80)71-68-65-62-59-56-53-50-47-45-43-40-35-33-31-29-26-23-20-17-14-11-8-5-2/h7-12,16-21,25-29,32-35,37-38,41-43,45-46,48-50,53-54,57,59,62-63,66,74H,4-6,13-15,22-24,30-31,36,39-40,44,47,51-52,55-56,58,60-61,64-65,67-73H2,1-3H3/b10-7-,11-8-,12-9-,19-16-,20-17-,21-18-,28-25-,29-26-,34-32-,35-33-,38-37-,42-41-,45-43-,48-27-,49-46-,53-50-,57-54-,62-59-,66-63-. The first kappa shape index (κ1) is 76.5. The zero-order chi connectivity index (χ0) is 59.9. The molecular weight excluding hydrogens is 1020 g/mol. The fourth-order valence-electron chi connectivity index (χ4n) is 7.54. The van der Waals surface area contributed by atoms with Crippen molar-refractivity contribution in [3.05, 3.63) is 231 Å². The molecule has 0 N–H and O–H groups in total. The maximum Gasteiger partial charge on any atom is 0.309 e. The van der Waals surface area contributed by atoms with Crippen LogP contribution in [0.3, 0.4) is 0 Å². The van der Waals surface area contributed by atoms with Crippen molar-refractivity contribution in [1.29, 1.82) is 0 Å². The molecule has 6 nitrogen and oxygen atoms in total. The number of allylic oxidation sites excluding steroid dienone is 37. The Balaban J connectivity index is 4.63. The fraction of sp³-hybridized carbons (Fsp3) is 0.468. The van der Waals surface area contributed by atoms with E-state index in [4.69, 9.17) is 14.2 Å². The summed E-state index contributed by atoms with van der Waals surface area (Å²) in [6, 6.07) is 0. The Morgan fingerprint density at radius 1 is 0.253 bits per heavy atom. The molecule has 0 rings (SSSR count). The van der Waals surface area contributed by atoms with Gasteiger partial charge in [-0.1, -0.05) is 271 Å². The van der Waals surface area contributed by atoms with Crippen LogP contribution in [0.15, 0.2) is 231 Å². The van der Waals surface area contributed by atoms with Crippen LogP contribution in [0.5, 0.6) is 0 Å². The van der Waals surface area contributed by atoms with Crippen molar-refractivity contribution in [2.75, 3.05) is 13.2 Å². The quantitative estimate of drug-likeness (QED) is 0.0261. The van der Waals surface area contributed by atoms with Gasteiger partial charge in [-0.2, -0.15) is 0 Å². The minimum absolute atomic E-state index is 0.0967. The van der Waals surface area contributed by atoms with Crippen LogP contribution in [0, 0.1) is 0 Å². The predicted octanol–water partition coefficient (Wildman–Crippen LogP) is 22.3. The lowest BCUT2D eigenvalue weighted by atomic mass is 10.1. The van der Waals surface area contributed by atoms with E-state index in [-0.39, 0.29) is 32.0 Å². The smallest absolute Gasteiger partial charge is 0.309 e. The summed E-state index contributed by atoms with van der Waals surface area (Å²) < 4.78 is 16.7. The molecule has 0 spiro atoms. The molecule has 0 fully saturated rings. The van der Waals surface area contributed by atoms with E-state index in [1.807, 2.05) is 6.08 Å². The molecule has 0 bridgehead atoms. The van der Waals surface area contributed by atoms with Gasteiger partial charge < -0.3 is 14.2 Å². The normalized spacial score (nSPS) is 13.7. The molecule has 0 saturated heterocycles. The summed E-state index contributed by atoms with van der Waals surface area (Å²) in [6.45, 7) is 6.12. The molecule has 1 unspecified atom stereocenters. The zero-order valence-corrected chi connectivity index (χ0v) is 52.1. The molecule has 0 aromatic carbocycles. The van der Waals surface area contributed by atoms with Crippen molar-refractivity contribution < 1.29 is 28.6 Å². The Kier molecular flexibility index (Phi) is 62.6. The van der Waals surface area contributed by atoms with E-state index < -0.39 is 18.0 Å². The molecule has 83 heavy (non-hydrogen) atoms. The van der Waals surface area contributed by atoms with Gasteiger partial charge in [0.05, 0.1) is 6.42 Å². The third-order valence-electron chi connectivity index (χ3n) is 12.2. The molecule has 0 amide bonds. The molecule has 0 aromatic heterocycles. The summed E-state index contributed by atoms with van der Waals surface area (Å²) in [5.41, 5.74) is 0. The number of ether oxygens (including phenoxy) is 3. The molecule has 0 aliphatic rings. The van der Waals surface area contributed by atoms with Crippen LogP contribution in [0.2, 0.25) is 0 Å². The summed E-state index contributed by atoms with van der Waals surface area (Å²) in [5.74, 6) is -1.18. The lowest BCUT2D eigenvalue weighted by Gasteiger charge is -2.18. The third-order valence-corrected chi connectivity index (χ3v) is 12.2. The van der Waals surface area contributed by atoms with Crippen molar-refractivity contribution in [1.82, 2.24) is 0 Å². The van der Waals surface area contributed by atoms with Gasteiger partial charge in [0.1, 0.15) is 13.2 Å². The number of hydrogen-bond acceptors (Lipinski definition) is 6. The maximum absolute atomic E-state index is 12.9. The second-order valence-corrected chi connectivity index (χ2v) is 19.8. The summed E-state index contributed by atoms with van der Waals surface area (Å²) in [4.78, 5) is 38.3. The Bertz CT molecular complexity index is 2130. The molecule has 0 aliphatic heterocycles. The average molecular weight is 1130 g/mol. The van der Waals surface area contributed by atoms with E-state index >= 15 is 0 Å². The van der Waals surface area contributed by atoms with Crippen LogP contribution < -0.4 is 0 Å². The van der Waals surface area contributed by atoms with Gasteiger partial charge in [-0.15, -0.1) is 0 Å². The largest absolute Gasteiger partial charge is 0.462 e. The van der Waals surface area contributed by atoms with E-state index in [0.717, 1.165) is 161 Å². The van der Waals surface area contributed by atoms with Gasteiger partial charge in [0.2, 0.25) is 0 Å². The Hall–Kier alpha value is -6.53. The first-order valence-electron chi connectivity index (χ1n) is 31.9. The van der Waals surface area contributed by atoms with E-state index in [1.54, 1.807) is 6.08 Å². The van der Waals surface area contributed by atoms with Crippen molar-refractivity contribution in [2.45, 2.75) is 219 Å². The number of hydrogen-bond donors (Lipinski definition) is 0. The van der Waals surface area contributed by atoms with Gasteiger partial charge in [-0.05, 0) is 154 Å². The molecule has 0 saturated carbocycles. The minimum Gasteiger partial charge on any atom is -0.462 e. The molecular formula is C77H112O6. The second-order valence-electron chi connectivity index (χ2n) is 19.8. The fourth-order valence-corrected chi connectivity index (χ4v) is 7.54. The molecule has 6 heteroatoms. The summed E-state index contributed by atoms with van der Waals surface area (Å²) in [5, 5.41) is 0. The first-order chi connectivity index (χ1) is 41.0. The maximum atomic E-state index is 12.9. The van der Waals surface area contributed by atoms with Crippen LogP contribution in [0.4, 0.5) is 0 Å². The predicted molar refractivity (Wildman–Crippen MR) is 361 cm³/mol. The number of carbonyl (C=O) groups excluding carboxylic acids is 3. The van der Waals surface area contributed by atoms with Gasteiger partial charge in [-0.3, -0.25) is 14.4 Å². The van der Waals surface area contributed by atoms with Gasteiger partial charge in [0.25, 0.3) is 0 Å². The zero-order valence-electron chi connectivity index (χ0n) is 52.1. The molecule has 0 aliphatic carbocycles. The number of rotatable bonds is 54. The topological polar surface area (TPSA) is 78.9 Å². The van der Waals surface area contributed by atoms with Crippen molar-refractivity contribution in [3.63, 3.8) is 0 Å². The van der Waals surface area contributed by atoms with Crippen LogP contribution in [0.1, 0.15) is 213 Å². The highest BCUT2D eigenvalue weighted by Crippen LogP contribution is 2.11. The van der Waals surface area contributed by atoms with Crippen LogP contribution in [0.25, 0.3) is 0 Å². The number of esters is 3. The van der Waals surface area contributed by atoms with Gasteiger partial charge in [0, 0.05) is 12.8 Å². The van der Waals surface area contributed by atoms with E-state index in [9.17, 15) is 14.4 Å². The third kappa shape index (κ3) is 66.2. The Morgan fingerprint density at radius 3 is 0.819 bits per heavy atom. The number of carbonyl (C=O) groups is 3. The summed E-state index contributed by atoms with van der Waals surface area (Å²) in [6.07, 6.45) is 108. The van der Waals surface area contributed by atoms with Gasteiger partial charge >= 0.3 is 17.9 Å². The first-order valence-corrected chi connectivity index (χ1v) is 31.9. The van der Waals surface area contributed by atoms with E-state index in [0.29, 0.717) is 19.3 Å². The number of unbranched alkanes of at least 4 members (excludes halogenated alkanes) is 6. The van der Waals surface area contributed by atoms with Crippen molar-refractivity contribution in [2.24, 2.45) is 0 Å². The summed E-state index contributed by atoms with van der Waals surface area (Å²) >= 11 is 0. The molecule has 1 atom stereocenters. The molecule has 0 heterocycles. The van der Waals surface area contributed by atoms with E-state index in [1.165, 1.54) is 0 Å². The van der Waals surface area contributed by atoms with Crippen LogP contribution >= 0.6 is 0 Å². The molecule has 456 valence electrons. The minimum atomic E-state index is -0.875. The van der Waals surface area contributed by atoms with Gasteiger partial charge in [0.15, 0.2) is 6.10 Å². The lowest BCUT2D eigenvalue weighted by Crippen LogP contribution is -2.30. The Morgan fingerprint density at radius 2 is 0.494 bits per heavy atom. The van der Waals surface area contributed by atoms with Gasteiger partial charge in [-0.25, -0.2) is 0 Å².